The average Bonchev–Trinajstić information content (AvgIpc) is 3.28. The van der Waals surface area contributed by atoms with Gasteiger partial charge in [0.25, 0.3) is 0 Å². The minimum atomic E-state index is -1.56. The van der Waals surface area contributed by atoms with Crippen molar-refractivity contribution in [1.29, 1.82) is 0 Å². The molecule has 0 amide bonds. The Morgan fingerprint density at radius 2 is 1.93 bits per heavy atom. The van der Waals surface area contributed by atoms with Gasteiger partial charge in [-0.3, -0.25) is 4.79 Å². The van der Waals surface area contributed by atoms with E-state index in [2.05, 4.69) is 0 Å². The summed E-state index contributed by atoms with van der Waals surface area (Å²) in [7, 11) is 3.05. The van der Waals surface area contributed by atoms with Crippen molar-refractivity contribution >= 4 is 11.9 Å². The highest BCUT2D eigenvalue weighted by molar-refractivity contribution is 5.92. The summed E-state index contributed by atoms with van der Waals surface area (Å²) in [4.78, 5) is 25.7. The molecule has 3 saturated heterocycles. The summed E-state index contributed by atoms with van der Waals surface area (Å²) in [6.45, 7) is 7.59. The van der Waals surface area contributed by atoms with Gasteiger partial charge in [0.05, 0.1) is 24.0 Å². The van der Waals surface area contributed by atoms with Crippen molar-refractivity contribution in [2.75, 3.05) is 14.2 Å². The van der Waals surface area contributed by atoms with Gasteiger partial charge in [-0.2, -0.15) is 0 Å². The van der Waals surface area contributed by atoms with Gasteiger partial charge in [0.2, 0.25) is 0 Å². The maximum absolute atomic E-state index is 12.9. The van der Waals surface area contributed by atoms with E-state index in [0.29, 0.717) is 11.3 Å². The molecule has 3 aliphatic heterocycles. The molecule has 8 nitrogen and oxygen atoms in total. The molecular formula is C21H28O8. The average molecular weight is 408 g/mol. The van der Waals surface area contributed by atoms with Crippen molar-refractivity contribution in [3.63, 3.8) is 0 Å². The number of aliphatic hydroxyl groups is 1. The van der Waals surface area contributed by atoms with Gasteiger partial charge in [0, 0.05) is 19.4 Å². The van der Waals surface area contributed by atoms with Crippen LogP contribution in [0, 0.1) is 23.2 Å². The van der Waals surface area contributed by atoms with E-state index < -0.39 is 58.9 Å². The number of rotatable bonds is 3. The predicted octanol–water partition coefficient (Wildman–Crippen LogP) is 0.953. The molecule has 2 bridgehead atoms. The lowest BCUT2D eigenvalue weighted by Crippen LogP contribution is -2.73. The van der Waals surface area contributed by atoms with E-state index in [0.717, 1.165) is 0 Å². The highest BCUT2D eigenvalue weighted by Gasteiger charge is 2.93. The Labute approximate surface area is 169 Å². The number of carbonyl (C=O) groups excluding carboxylic acids is 2. The highest BCUT2D eigenvalue weighted by atomic mass is 16.7. The summed E-state index contributed by atoms with van der Waals surface area (Å²) < 4.78 is 28.9. The van der Waals surface area contributed by atoms with Crippen LogP contribution in [-0.2, 0) is 33.3 Å². The number of hydrogen-bond donors (Lipinski definition) is 1. The fourth-order valence-electron chi connectivity index (χ4n) is 6.97. The summed E-state index contributed by atoms with van der Waals surface area (Å²) in [6, 6.07) is 0. The SMILES string of the molecule is CO/C(C)=C1\C[C@@]2(OC1=O)[C@@H]1O[C@@H]1[C@@]1(O)[C@H]3C(=O)O[C@H]([C@H]3C(C)C)[C@@H](OC)[C@]12C. The van der Waals surface area contributed by atoms with E-state index >= 15 is 0 Å². The van der Waals surface area contributed by atoms with Gasteiger partial charge >= 0.3 is 11.9 Å². The number of esters is 2. The van der Waals surface area contributed by atoms with Gasteiger partial charge in [0.15, 0.2) is 5.60 Å². The molecule has 8 heteroatoms. The molecule has 5 rings (SSSR count). The lowest BCUT2D eigenvalue weighted by Gasteiger charge is -2.58. The number of carbonyl (C=O) groups is 2. The Hall–Kier alpha value is -1.64. The molecule has 29 heavy (non-hydrogen) atoms. The molecule has 0 unspecified atom stereocenters. The summed E-state index contributed by atoms with van der Waals surface area (Å²) in [5.74, 6) is -1.31. The first-order valence-electron chi connectivity index (χ1n) is 10.2. The number of hydrogen-bond acceptors (Lipinski definition) is 8. The first-order valence-corrected chi connectivity index (χ1v) is 10.2. The van der Waals surface area contributed by atoms with Crippen LogP contribution in [0.25, 0.3) is 0 Å². The van der Waals surface area contributed by atoms with Crippen LogP contribution in [-0.4, -0.2) is 66.9 Å². The monoisotopic (exact) mass is 408 g/mol. The first kappa shape index (κ1) is 19.3. The summed E-state index contributed by atoms with van der Waals surface area (Å²) in [5.41, 5.74) is -3.37. The van der Waals surface area contributed by atoms with E-state index in [4.69, 9.17) is 23.7 Å². The molecule has 3 heterocycles. The topological polar surface area (TPSA) is 104 Å². The second-order valence-corrected chi connectivity index (χ2v) is 9.56. The van der Waals surface area contributed by atoms with Gasteiger partial charge < -0.3 is 28.8 Å². The Kier molecular flexibility index (Phi) is 3.69. The highest BCUT2D eigenvalue weighted by Crippen LogP contribution is 2.75. The zero-order valence-electron chi connectivity index (χ0n) is 17.6. The number of allylic oxidation sites excluding steroid dienone is 1. The maximum atomic E-state index is 12.9. The van der Waals surface area contributed by atoms with Crippen LogP contribution in [0.2, 0.25) is 0 Å². The van der Waals surface area contributed by atoms with Gasteiger partial charge in [-0.25, -0.2) is 4.79 Å². The third kappa shape index (κ3) is 1.83. The van der Waals surface area contributed by atoms with Crippen LogP contribution in [0.15, 0.2) is 11.3 Å². The molecular weight excluding hydrogens is 380 g/mol. The van der Waals surface area contributed by atoms with Crippen LogP contribution in [0.5, 0.6) is 0 Å². The molecule has 1 N–H and O–H groups in total. The van der Waals surface area contributed by atoms with Crippen molar-refractivity contribution in [3.8, 4) is 0 Å². The zero-order chi connectivity index (χ0) is 21.1. The van der Waals surface area contributed by atoms with Crippen molar-refractivity contribution in [1.82, 2.24) is 0 Å². The molecule has 0 radical (unpaired) electrons. The molecule has 0 aromatic carbocycles. The number of fused-ring (bicyclic) bond motifs is 8. The lowest BCUT2D eigenvalue weighted by atomic mass is 9.50. The predicted molar refractivity (Wildman–Crippen MR) is 97.4 cm³/mol. The van der Waals surface area contributed by atoms with Gasteiger partial charge in [-0.1, -0.05) is 20.8 Å². The third-order valence-electron chi connectivity index (χ3n) is 8.42. The zero-order valence-corrected chi connectivity index (χ0v) is 17.6. The van der Waals surface area contributed by atoms with Crippen LogP contribution in [0.1, 0.15) is 34.1 Å². The minimum Gasteiger partial charge on any atom is -0.501 e. The fourth-order valence-corrected chi connectivity index (χ4v) is 6.97. The van der Waals surface area contributed by atoms with E-state index in [-0.39, 0.29) is 18.3 Å². The molecule has 9 atom stereocenters. The lowest BCUT2D eigenvalue weighted by molar-refractivity contribution is -0.282. The molecule has 160 valence electrons. The third-order valence-corrected chi connectivity index (χ3v) is 8.42. The molecule has 0 aromatic rings. The second kappa shape index (κ2) is 5.53. The van der Waals surface area contributed by atoms with Crippen molar-refractivity contribution in [2.45, 2.75) is 69.7 Å². The van der Waals surface area contributed by atoms with Crippen LogP contribution >= 0.6 is 0 Å². The first-order chi connectivity index (χ1) is 13.6. The van der Waals surface area contributed by atoms with Gasteiger partial charge in [-0.05, 0) is 12.8 Å². The van der Waals surface area contributed by atoms with E-state index in [9.17, 15) is 14.7 Å². The Morgan fingerprint density at radius 3 is 2.52 bits per heavy atom. The van der Waals surface area contributed by atoms with Crippen LogP contribution < -0.4 is 0 Å². The smallest absolute Gasteiger partial charge is 0.338 e. The molecule has 0 aromatic heterocycles. The van der Waals surface area contributed by atoms with Gasteiger partial charge in [-0.15, -0.1) is 0 Å². The van der Waals surface area contributed by atoms with Crippen LogP contribution in [0.4, 0.5) is 0 Å². The molecule has 5 fully saturated rings. The number of epoxide rings is 1. The maximum Gasteiger partial charge on any atom is 0.338 e. The van der Waals surface area contributed by atoms with E-state index in [1.165, 1.54) is 7.11 Å². The minimum absolute atomic E-state index is 0.0914. The number of methoxy groups -OCH3 is 2. The largest absolute Gasteiger partial charge is 0.501 e. The fraction of sp³-hybridized carbons (Fsp3) is 0.810. The Morgan fingerprint density at radius 1 is 1.24 bits per heavy atom. The summed E-state index contributed by atoms with van der Waals surface area (Å²) in [5, 5.41) is 12.2. The molecule has 5 aliphatic rings. The molecule has 2 aliphatic carbocycles. The van der Waals surface area contributed by atoms with Crippen molar-refractivity contribution < 1.29 is 38.4 Å². The standard InChI is InChI=1S/C21H28O8/c1-8(2)11-12-18(23)27-13(11)14(26-6)19(4)20(15-16(28-15)21(12,19)24)7-10(9(3)25-5)17(22)29-20/h8,11-16,24H,7H2,1-6H3/b10-9+/t11-,12+,13+,14+,15+,16-,19-,20+,21-/m0/s1. The van der Waals surface area contributed by atoms with E-state index in [1.807, 2.05) is 20.8 Å². The normalized spacial score (nSPS) is 53.7. The quantitative estimate of drug-likeness (QED) is 0.319. The Bertz CT molecular complexity index is 835. The Balaban J connectivity index is 1.71. The van der Waals surface area contributed by atoms with Crippen molar-refractivity contribution in [3.05, 3.63) is 11.3 Å². The summed E-state index contributed by atoms with van der Waals surface area (Å²) >= 11 is 0. The number of ether oxygens (including phenoxy) is 5. The van der Waals surface area contributed by atoms with Crippen molar-refractivity contribution in [2.24, 2.45) is 23.2 Å². The van der Waals surface area contributed by atoms with E-state index in [1.54, 1.807) is 14.0 Å². The van der Waals surface area contributed by atoms with Gasteiger partial charge in [0.1, 0.15) is 35.8 Å². The van der Waals surface area contributed by atoms with Crippen LogP contribution in [0.3, 0.4) is 0 Å². The summed E-state index contributed by atoms with van der Waals surface area (Å²) in [6.07, 6.45) is -2.05. The molecule has 2 saturated carbocycles. The molecule has 1 spiro atoms. The second-order valence-electron chi connectivity index (χ2n) is 9.56.